The second kappa shape index (κ2) is 11.2. The number of nitriles is 1. The molecule has 1 N–H and O–H groups in total. The number of carbonyl (C=O) groups excluding carboxylic acids is 3. The zero-order valence-electron chi connectivity index (χ0n) is 16.9. The van der Waals surface area contributed by atoms with E-state index >= 15 is 0 Å². The fourth-order valence-electron chi connectivity index (χ4n) is 2.60. The predicted octanol–water partition coefficient (Wildman–Crippen LogP) is 3.24. The smallest absolute Gasteiger partial charge is 0.331 e. The molecule has 0 aliphatic carbocycles. The van der Waals surface area contributed by atoms with Crippen LogP contribution in [0.1, 0.15) is 35.3 Å². The first-order chi connectivity index (χ1) is 14.5. The molecule has 2 aromatic carbocycles. The van der Waals surface area contributed by atoms with Gasteiger partial charge in [0.05, 0.1) is 11.6 Å². The fraction of sp³-hybridized carbons (Fsp3) is 0.217. The molecule has 2 rings (SSSR count). The number of benzene rings is 2. The van der Waals surface area contributed by atoms with Gasteiger partial charge in [-0.3, -0.25) is 9.59 Å². The number of carbonyl (C=O) groups is 3. The third kappa shape index (κ3) is 6.60. The second-order valence-electron chi connectivity index (χ2n) is 6.28. The van der Waals surface area contributed by atoms with Crippen molar-refractivity contribution in [2.45, 2.75) is 13.8 Å². The SMILES string of the molecule is CCN(CC)C(=O)c1ccc(NC(=O)COC(=O)/C=C/c2ccc(C#N)cc2)cc1. The summed E-state index contributed by atoms with van der Waals surface area (Å²) in [6, 6.07) is 15.2. The molecular formula is C23H23N3O4. The number of anilines is 1. The van der Waals surface area contributed by atoms with Crippen molar-refractivity contribution in [3.8, 4) is 6.07 Å². The van der Waals surface area contributed by atoms with Crippen molar-refractivity contribution >= 4 is 29.5 Å². The number of amides is 2. The lowest BCUT2D eigenvalue weighted by Crippen LogP contribution is -2.30. The van der Waals surface area contributed by atoms with E-state index in [1.807, 2.05) is 19.9 Å². The normalized spacial score (nSPS) is 10.3. The van der Waals surface area contributed by atoms with Gasteiger partial charge < -0.3 is 15.0 Å². The highest BCUT2D eigenvalue weighted by Crippen LogP contribution is 2.12. The Labute approximate surface area is 175 Å². The van der Waals surface area contributed by atoms with Crippen LogP contribution in [0.4, 0.5) is 5.69 Å². The lowest BCUT2D eigenvalue weighted by molar-refractivity contribution is -0.142. The van der Waals surface area contributed by atoms with E-state index in [0.717, 1.165) is 5.56 Å². The molecule has 2 amide bonds. The maximum Gasteiger partial charge on any atom is 0.331 e. The molecule has 0 bridgehead atoms. The van der Waals surface area contributed by atoms with Crippen LogP contribution in [-0.2, 0) is 14.3 Å². The molecule has 0 aliphatic heterocycles. The average Bonchev–Trinajstić information content (AvgIpc) is 2.78. The van der Waals surface area contributed by atoms with Crippen LogP contribution >= 0.6 is 0 Å². The summed E-state index contributed by atoms with van der Waals surface area (Å²) in [6.45, 7) is 4.64. The molecule has 0 spiro atoms. The van der Waals surface area contributed by atoms with Crippen LogP contribution in [0.5, 0.6) is 0 Å². The first-order valence-corrected chi connectivity index (χ1v) is 9.51. The van der Waals surface area contributed by atoms with E-state index in [4.69, 9.17) is 10.00 Å². The molecule has 154 valence electrons. The van der Waals surface area contributed by atoms with Crippen molar-refractivity contribution in [1.82, 2.24) is 4.90 Å². The lowest BCUT2D eigenvalue weighted by Gasteiger charge is -2.18. The Morgan fingerprint density at radius 3 is 2.23 bits per heavy atom. The first-order valence-electron chi connectivity index (χ1n) is 9.51. The van der Waals surface area contributed by atoms with Gasteiger partial charge in [-0.05, 0) is 61.9 Å². The van der Waals surface area contributed by atoms with Gasteiger partial charge in [0.15, 0.2) is 6.61 Å². The van der Waals surface area contributed by atoms with E-state index in [1.165, 1.54) is 12.2 Å². The van der Waals surface area contributed by atoms with Crippen LogP contribution in [0.15, 0.2) is 54.6 Å². The number of nitrogens with zero attached hydrogens (tertiary/aromatic N) is 2. The summed E-state index contributed by atoms with van der Waals surface area (Å²) in [4.78, 5) is 37.7. The van der Waals surface area contributed by atoms with Gasteiger partial charge in [0.2, 0.25) is 0 Å². The van der Waals surface area contributed by atoms with Crippen molar-refractivity contribution in [1.29, 1.82) is 5.26 Å². The molecule has 0 saturated heterocycles. The van der Waals surface area contributed by atoms with E-state index in [1.54, 1.807) is 53.4 Å². The van der Waals surface area contributed by atoms with Gasteiger partial charge in [0.25, 0.3) is 11.8 Å². The number of hydrogen-bond acceptors (Lipinski definition) is 5. The van der Waals surface area contributed by atoms with Crippen LogP contribution in [0.3, 0.4) is 0 Å². The maximum absolute atomic E-state index is 12.3. The molecule has 0 radical (unpaired) electrons. The number of esters is 1. The summed E-state index contributed by atoms with van der Waals surface area (Å²) < 4.78 is 4.91. The Bertz CT molecular complexity index is 953. The topological polar surface area (TPSA) is 99.5 Å². The minimum atomic E-state index is -0.658. The summed E-state index contributed by atoms with van der Waals surface area (Å²) in [5, 5.41) is 11.4. The molecule has 2 aromatic rings. The quantitative estimate of drug-likeness (QED) is 0.537. The highest BCUT2D eigenvalue weighted by atomic mass is 16.5. The van der Waals surface area contributed by atoms with Crippen molar-refractivity contribution in [2.75, 3.05) is 25.0 Å². The minimum absolute atomic E-state index is 0.0687. The predicted molar refractivity (Wildman–Crippen MR) is 113 cm³/mol. The number of nitrogens with one attached hydrogen (secondary N) is 1. The molecule has 0 aromatic heterocycles. The summed E-state index contributed by atoms with van der Waals surface area (Å²) in [6.07, 6.45) is 2.75. The van der Waals surface area contributed by atoms with Crippen LogP contribution in [0, 0.1) is 11.3 Å². The lowest BCUT2D eigenvalue weighted by atomic mass is 10.1. The standard InChI is InChI=1S/C23H23N3O4/c1-3-26(4-2)23(29)19-10-12-20(13-11-19)25-21(27)16-30-22(28)14-9-17-5-7-18(15-24)8-6-17/h5-14H,3-4,16H2,1-2H3,(H,25,27)/b14-9+. The zero-order chi connectivity index (χ0) is 21.9. The van der Waals surface area contributed by atoms with Crippen molar-refractivity contribution in [3.05, 3.63) is 71.3 Å². The highest BCUT2D eigenvalue weighted by Gasteiger charge is 2.12. The Morgan fingerprint density at radius 1 is 1.03 bits per heavy atom. The number of ether oxygens (including phenoxy) is 1. The van der Waals surface area contributed by atoms with E-state index in [0.29, 0.717) is 29.9 Å². The zero-order valence-corrected chi connectivity index (χ0v) is 16.9. The van der Waals surface area contributed by atoms with Crippen LogP contribution in [-0.4, -0.2) is 42.4 Å². The van der Waals surface area contributed by atoms with Gasteiger partial charge in [0.1, 0.15) is 0 Å². The fourth-order valence-corrected chi connectivity index (χ4v) is 2.60. The average molecular weight is 405 g/mol. The Morgan fingerprint density at radius 2 is 1.67 bits per heavy atom. The number of rotatable bonds is 8. The van der Waals surface area contributed by atoms with E-state index in [-0.39, 0.29) is 5.91 Å². The molecule has 0 saturated carbocycles. The van der Waals surface area contributed by atoms with Gasteiger partial charge in [-0.2, -0.15) is 5.26 Å². The molecular weight excluding hydrogens is 382 g/mol. The summed E-state index contributed by atoms with van der Waals surface area (Å²) >= 11 is 0. The van der Waals surface area contributed by atoms with Gasteiger partial charge in [-0.25, -0.2) is 4.79 Å². The van der Waals surface area contributed by atoms with Gasteiger partial charge in [-0.15, -0.1) is 0 Å². The van der Waals surface area contributed by atoms with Crippen LogP contribution < -0.4 is 5.32 Å². The molecule has 30 heavy (non-hydrogen) atoms. The van der Waals surface area contributed by atoms with Crippen molar-refractivity contribution in [2.24, 2.45) is 0 Å². The van der Waals surface area contributed by atoms with Crippen LogP contribution in [0.2, 0.25) is 0 Å². The maximum atomic E-state index is 12.3. The first kappa shape index (κ1) is 22.4. The molecule has 0 heterocycles. The summed E-state index contributed by atoms with van der Waals surface area (Å²) in [5.41, 5.74) is 2.29. The molecule has 0 fully saturated rings. The van der Waals surface area contributed by atoms with Crippen molar-refractivity contribution in [3.63, 3.8) is 0 Å². The highest BCUT2D eigenvalue weighted by molar-refractivity contribution is 5.97. The van der Waals surface area contributed by atoms with Crippen molar-refractivity contribution < 1.29 is 19.1 Å². The number of hydrogen-bond donors (Lipinski definition) is 1. The Kier molecular flexibility index (Phi) is 8.33. The van der Waals surface area contributed by atoms with Crippen LogP contribution in [0.25, 0.3) is 6.08 Å². The molecule has 7 heteroatoms. The molecule has 7 nitrogen and oxygen atoms in total. The Hall–Kier alpha value is -3.92. The summed E-state index contributed by atoms with van der Waals surface area (Å²) in [5.74, 6) is -1.21. The van der Waals surface area contributed by atoms with Gasteiger partial charge in [-0.1, -0.05) is 12.1 Å². The monoisotopic (exact) mass is 405 g/mol. The second-order valence-corrected chi connectivity index (χ2v) is 6.28. The van der Waals surface area contributed by atoms with E-state index in [2.05, 4.69) is 5.32 Å². The van der Waals surface area contributed by atoms with Gasteiger partial charge >= 0.3 is 5.97 Å². The molecule has 0 atom stereocenters. The largest absolute Gasteiger partial charge is 0.452 e. The summed E-state index contributed by atoms with van der Waals surface area (Å²) in [7, 11) is 0. The van der Waals surface area contributed by atoms with E-state index < -0.39 is 18.5 Å². The van der Waals surface area contributed by atoms with Gasteiger partial charge in [0, 0.05) is 30.4 Å². The molecule has 0 unspecified atom stereocenters. The third-order valence-electron chi connectivity index (χ3n) is 4.26. The third-order valence-corrected chi connectivity index (χ3v) is 4.26. The van der Waals surface area contributed by atoms with E-state index in [9.17, 15) is 14.4 Å². The molecule has 0 aliphatic rings. The minimum Gasteiger partial charge on any atom is -0.452 e. The Balaban J connectivity index is 1.82.